The smallest absolute Gasteiger partial charge is 0.310 e. The molecule has 7 atom stereocenters. The summed E-state index contributed by atoms with van der Waals surface area (Å²) >= 11 is 0. The number of ether oxygens (including phenoxy) is 1. The van der Waals surface area contributed by atoms with Crippen LogP contribution < -0.4 is 0 Å². The zero-order chi connectivity index (χ0) is 15.1. The third kappa shape index (κ3) is 1.59. The van der Waals surface area contributed by atoms with Gasteiger partial charge in [0.2, 0.25) is 0 Å². The molecule has 0 aromatic heterocycles. The number of hydrogen-bond donors (Lipinski definition) is 0. The van der Waals surface area contributed by atoms with E-state index in [-0.39, 0.29) is 59.0 Å². The first-order valence-electron chi connectivity index (χ1n) is 7.78. The maximum absolute atomic E-state index is 12.5. The van der Waals surface area contributed by atoms with Crippen LogP contribution in [-0.2, 0) is 19.1 Å². The lowest BCUT2D eigenvalue weighted by Crippen LogP contribution is -2.38. The Morgan fingerprint density at radius 2 is 1.71 bits per heavy atom. The van der Waals surface area contributed by atoms with Gasteiger partial charge in [0, 0.05) is 23.7 Å². The molecule has 0 aromatic carbocycles. The zero-order valence-corrected chi connectivity index (χ0v) is 12.5. The molecule has 4 heteroatoms. The molecule has 0 amide bonds. The molecule has 3 saturated carbocycles. The summed E-state index contributed by atoms with van der Waals surface area (Å²) in [5, 5.41) is 0. The molecule has 112 valence electrons. The molecule has 21 heavy (non-hydrogen) atoms. The van der Waals surface area contributed by atoms with Crippen molar-refractivity contribution >= 4 is 17.5 Å². The number of carbonyl (C=O) groups excluding carboxylic acids is 3. The topological polar surface area (TPSA) is 60.4 Å². The van der Waals surface area contributed by atoms with E-state index in [2.05, 4.69) is 0 Å². The van der Waals surface area contributed by atoms with Crippen molar-refractivity contribution in [3.8, 4) is 0 Å². The van der Waals surface area contributed by atoms with Crippen LogP contribution in [0.2, 0.25) is 0 Å². The van der Waals surface area contributed by atoms with Gasteiger partial charge in [0.25, 0.3) is 0 Å². The van der Waals surface area contributed by atoms with Gasteiger partial charge in [-0.1, -0.05) is 12.2 Å². The lowest BCUT2D eigenvalue weighted by Gasteiger charge is -2.34. The van der Waals surface area contributed by atoms with E-state index in [0.717, 1.165) is 0 Å². The number of rotatable bonds is 1. The predicted octanol–water partition coefficient (Wildman–Crippen LogP) is 1.78. The molecule has 0 saturated heterocycles. The number of ketones is 2. The van der Waals surface area contributed by atoms with E-state index < -0.39 is 5.60 Å². The number of esters is 1. The Bertz CT molecular complexity index is 582. The van der Waals surface area contributed by atoms with Gasteiger partial charge in [-0.15, -0.1) is 0 Å². The second kappa shape index (κ2) is 3.84. The van der Waals surface area contributed by atoms with E-state index in [1.807, 2.05) is 32.9 Å². The minimum atomic E-state index is -0.536. The number of carbonyl (C=O) groups is 3. The SMILES string of the molecule is CC(C)(C)OC(=O)C1CC2C(=O)C1C1C3C=CC(C3=O)C21. The van der Waals surface area contributed by atoms with Crippen LogP contribution in [0, 0.1) is 41.4 Å². The molecule has 0 spiro atoms. The average Bonchev–Trinajstić information content (AvgIpc) is 3.05. The lowest BCUT2D eigenvalue weighted by atomic mass is 9.69. The van der Waals surface area contributed by atoms with E-state index in [9.17, 15) is 14.4 Å². The fraction of sp³-hybridized carbons (Fsp3) is 0.706. The van der Waals surface area contributed by atoms with Crippen LogP contribution in [0.5, 0.6) is 0 Å². The highest BCUT2D eigenvalue weighted by molar-refractivity contribution is 6.01. The molecule has 0 heterocycles. The van der Waals surface area contributed by atoms with E-state index >= 15 is 0 Å². The monoisotopic (exact) mass is 288 g/mol. The van der Waals surface area contributed by atoms with Crippen LogP contribution in [0.3, 0.4) is 0 Å². The van der Waals surface area contributed by atoms with Crippen LogP contribution in [0.15, 0.2) is 12.2 Å². The first-order chi connectivity index (χ1) is 9.79. The predicted molar refractivity (Wildman–Crippen MR) is 74.0 cm³/mol. The molecule has 0 aromatic rings. The summed E-state index contributed by atoms with van der Waals surface area (Å²) in [6.07, 6.45) is 4.50. The van der Waals surface area contributed by atoms with Gasteiger partial charge in [-0.25, -0.2) is 0 Å². The highest BCUT2D eigenvalue weighted by Gasteiger charge is 2.69. The molecule has 4 rings (SSSR count). The Kier molecular flexibility index (Phi) is 2.42. The molecule has 4 nitrogen and oxygen atoms in total. The van der Waals surface area contributed by atoms with Gasteiger partial charge in [-0.3, -0.25) is 14.4 Å². The standard InChI is InChI=1S/C17H20O4/c1-17(2,3)21-16(20)10-6-9-11-7-4-5-8(14(7)18)12(11)13(10)15(9)19/h4-5,7-13H,6H2,1-3H3. The summed E-state index contributed by atoms with van der Waals surface area (Å²) in [6, 6.07) is 0. The van der Waals surface area contributed by atoms with Crippen molar-refractivity contribution in [2.45, 2.75) is 32.8 Å². The maximum atomic E-state index is 12.5. The molecule has 7 unspecified atom stereocenters. The summed E-state index contributed by atoms with van der Waals surface area (Å²) in [5.41, 5.74) is -0.536. The van der Waals surface area contributed by atoms with Crippen molar-refractivity contribution in [3.05, 3.63) is 12.2 Å². The first-order valence-corrected chi connectivity index (χ1v) is 7.78. The quantitative estimate of drug-likeness (QED) is 0.419. The molecule has 0 aliphatic heterocycles. The molecule has 3 fully saturated rings. The third-order valence-electron chi connectivity index (χ3n) is 5.68. The minimum absolute atomic E-state index is 0.0521. The number of hydrogen-bond acceptors (Lipinski definition) is 4. The Balaban J connectivity index is 1.63. The minimum Gasteiger partial charge on any atom is -0.460 e. The molecule has 0 N–H and O–H groups in total. The van der Waals surface area contributed by atoms with Crippen molar-refractivity contribution in [1.29, 1.82) is 0 Å². The summed E-state index contributed by atoms with van der Waals surface area (Å²) < 4.78 is 5.48. The van der Waals surface area contributed by atoms with Gasteiger partial charge < -0.3 is 4.74 Å². The molecular weight excluding hydrogens is 268 g/mol. The second-order valence-electron chi connectivity index (χ2n) is 7.90. The number of fused-ring (bicyclic) bond motifs is 9. The summed E-state index contributed by atoms with van der Waals surface area (Å²) in [7, 11) is 0. The van der Waals surface area contributed by atoms with Crippen LogP contribution in [-0.4, -0.2) is 23.1 Å². The summed E-state index contributed by atoms with van der Waals surface area (Å²) in [6.45, 7) is 5.52. The van der Waals surface area contributed by atoms with Gasteiger partial charge in [-0.05, 0) is 39.0 Å². The van der Waals surface area contributed by atoms with Crippen LogP contribution in [0.25, 0.3) is 0 Å². The second-order valence-corrected chi connectivity index (χ2v) is 7.90. The van der Waals surface area contributed by atoms with Gasteiger partial charge in [0.1, 0.15) is 17.2 Å². The molecule has 4 bridgehead atoms. The Morgan fingerprint density at radius 3 is 2.33 bits per heavy atom. The van der Waals surface area contributed by atoms with E-state index in [0.29, 0.717) is 6.42 Å². The molecule has 0 radical (unpaired) electrons. The highest BCUT2D eigenvalue weighted by atomic mass is 16.6. The van der Waals surface area contributed by atoms with E-state index in [1.54, 1.807) is 0 Å². The maximum Gasteiger partial charge on any atom is 0.310 e. The molecule has 4 aliphatic carbocycles. The Labute approximate surface area is 123 Å². The van der Waals surface area contributed by atoms with Crippen molar-refractivity contribution in [2.24, 2.45) is 41.4 Å². The lowest BCUT2D eigenvalue weighted by molar-refractivity contribution is -0.163. The highest BCUT2D eigenvalue weighted by Crippen LogP contribution is 2.64. The van der Waals surface area contributed by atoms with E-state index in [4.69, 9.17) is 4.74 Å². The fourth-order valence-electron chi connectivity index (χ4n) is 5.15. The number of Topliss-reactive ketones (excluding diaryl/α,β-unsaturated/α-hetero) is 2. The van der Waals surface area contributed by atoms with Crippen LogP contribution >= 0.6 is 0 Å². The third-order valence-corrected chi connectivity index (χ3v) is 5.68. The van der Waals surface area contributed by atoms with Crippen molar-refractivity contribution in [1.82, 2.24) is 0 Å². The van der Waals surface area contributed by atoms with Crippen molar-refractivity contribution < 1.29 is 19.1 Å². The fourth-order valence-corrected chi connectivity index (χ4v) is 5.15. The first kappa shape index (κ1) is 13.2. The molecule has 4 aliphatic rings. The van der Waals surface area contributed by atoms with Crippen molar-refractivity contribution in [3.63, 3.8) is 0 Å². The van der Waals surface area contributed by atoms with Gasteiger partial charge in [0.15, 0.2) is 0 Å². The number of allylic oxidation sites excluding steroid dienone is 2. The normalized spacial score (nSPS) is 46.3. The van der Waals surface area contributed by atoms with Crippen molar-refractivity contribution in [2.75, 3.05) is 0 Å². The molecular formula is C17H20O4. The zero-order valence-electron chi connectivity index (χ0n) is 12.5. The van der Waals surface area contributed by atoms with Gasteiger partial charge >= 0.3 is 5.97 Å². The van der Waals surface area contributed by atoms with Crippen LogP contribution in [0.1, 0.15) is 27.2 Å². The largest absolute Gasteiger partial charge is 0.460 e. The summed E-state index contributed by atoms with van der Waals surface area (Å²) in [5.74, 6) is -0.545. The van der Waals surface area contributed by atoms with Gasteiger partial charge in [0.05, 0.1) is 5.92 Å². The Morgan fingerprint density at radius 1 is 1.10 bits per heavy atom. The van der Waals surface area contributed by atoms with Gasteiger partial charge in [-0.2, -0.15) is 0 Å². The van der Waals surface area contributed by atoms with E-state index in [1.165, 1.54) is 0 Å². The average molecular weight is 288 g/mol. The Hall–Kier alpha value is -1.45. The summed E-state index contributed by atoms with van der Waals surface area (Å²) in [4.78, 5) is 37.2. The van der Waals surface area contributed by atoms with Crippen LogP contribution in [0.4, 0.5) is 0 Å².